The van der Waals surface area contributed by atoms with Gasteiger partial charge in [0.2, 0.25) is 5.24 Å². The summed E-state index contributed by atoms with van der Waals surface area (Å²) >= 11 is 5.38. The molecular weight excluding hydrogens is 208 g/mol. The Kier molecular flexibility index (Phi) is 10.0. The summed E-state index contributed by atoms with van der Waals surface area (Å²) in [6.07, 6.45) is 11.0. The maximum atomic E-state index is 10.8. The predicted octanol–water partition coefficient (Wildman–Crippen LogP) is 4.84. The van der Waals surface area contributed by atoms with E-state index in [0.717, 1.165) is 19.3 Å². The number of hydrogen-bond donors (Lipinski definition) is 0. The first-order valence-corrected chi connectivity index (χ1v) is 6.47. The molecule has 0 bridgehead atoms. The van der Waals surface area contributed by atoms with Gasteiger partial charge in [0.05, 0.1) is 0 Å². The highest BCUT2D eigenvalue weighted by Crippen LogP contribution is 2.16. The highest BCUT2D eigenvalue weighted by atomic mass is 35.5. The molecule has 15 heavy (non-hydrogen) atoms. The molecule has 0 saturated carbocycles. The molecule has 0 aromatic rings. The molecule has 0 spiro atoms. The van der Waals surface area contributed by atoms with Crippen LogP contribution in [0.1, 0.15) is 65.2 Å². The zero-order valence-electron chi connectivity index (χ0n) is 10.0. The van der Waals surface area contributed by atoms with Gasteiger partial charge in [-0.2, -0.15) is 0 Å². The van der Waals surface area contributed by atoms with Crippen molar-refractivity contribution in [3.63, 3.8) is 0 Å². The molecule has 0 amide bonds. The van der Waals surface area contributed by atoms with Gasteiger partial charge < -0.3 is 0 Å². The van der Waals surface area contributed by atoms with Crippen molar-refractivity contribution in [1.29, 1.82) is 0 Å². The van der Waals surface area contributed by atoms with Crippen molar-refractivity contribution in [2.75, 3.05) is 0 Å². The maximum absolute atomic E-state index is 10.8. The van der Waals surface area contributed by atoms with Gasteiger partial charge >= 0.3 is 0 Å². The van der Waals surface area contributed by atoms with Crippen LogP contribution in [0.4, 0.5) is 0 Å². The van der Waals surface area contributed by atoms with Crippen molar-refractivity contribution in [3.8, 4) is 0 Å². The molecule has 0 aliphatic carbocycles. The molecule has 0 radical (unpaired) electrons. The SMILES string of the molecule is CCCCCCC(=CC(=O)Cl)CCCC. The third kappa shape index (κ3) is 9.99. The lowest BCUT2D eigenvalue weighted by Crippen LogP contribution is -1.90. The number of unbranched alkanes of at least 4 members (excludes halogenated alkanes) is 4. The third-order valence-electron chi connectivity index (χ3n) is 2.52. The minimum Gasteiger partial charge on any atom is -0.276 e. The van der Waals surface area contributed by atoms with Crippen molar-refractivity contribution < 1.29 is 4.79 Å². The van der Waals surface area contributed by atoms with E-state index in [4.69, 9.17) is 11.6 Å². The highest BCUT2D eigenvalue weighted by molar-refractivity contribution is 6.66. The molecule has 88 valence electrons. The molecule has 0 saturated heterocycles. The van der Waals surface area contributed by atoms with Crippen molar-refractivity contribution >= 4 is 16.8 Å². The molecule has 2 heteroatoms. The van der Waals surface area contributed by atoms with E-state index in [2.05, 4.69) is 13.8 Å². The molecule has 0 aromatic carbocycles. The maximum Gasteiger partial charge on any atom is 0.245 e. The Labute approximate surface area is 98.9 Å². The number of rotatable bonds is 9. The summed E-state index contributed by atoms with van der Waals surface area (Å²) < 4.78 is 0. The zero-order valence-corrected chi connectivity index (χ0v) is 10.8. The second-order valence-corrected chi connectivity index (χ2v) is 4.39. The van der Waals surface area contributed by atoms with Gasteiger partial charge in [-0.1, -0.05) is 45.1 Å². The molecule has 0 unspecified atom stereocenters. The summed E-state index contributed by atoms with van der Waals surface area (Å²) in [5.41, 5.74) is 1.23. The van der Waals surface area contributed by atoms with Crippen LogP contribution >= 0.6 is 11.6 Å². The van der Waals surface area contributed by atoms with E-state index in [1.807, 2.05) is 0 Å². The molecule has 0 aliphatic rings. The molecule has 0 aliphatic heterocycles. The van der Waals surface area contributed by atoms with E-state index in [1.165, 1.54) is 37.7 Å². The first-order chi connectivity index (χ1) is 7.20. The summed E-state index contributed by atoms with van der Waals surface area (Å²) in [5, 5.41) is -0.323. The van der Waals surface area contributed by atoms with E-state index in [1.54, 1.807) is 6.08 Å². The second kappa shape index (κ2) is 10.2. The van der Waals surface area contributed by atoms with Gasteiger partial charge in [0, 0.05) is 0 Å². The lowest BCUT2D eigenvalue weighted by Gasteiger charge is -2.05. The highest BCUT2D eigenvalue weighted by Gasteiger charge is 2.00. The number of hydrogen-bond acceptors (Lipinski definition) is 1. The van der Waals surface area contributed by atoms with E-state index in [9.17, 15) is 4.79 Å². The molecule has 0 fully saturated rings. The summed E-state index contributed by atoms with van der Waals surface area (Å²) in [4.78, 5) is 10.8. The Hall–Kier alpha value is -0.300. The van der Waals surface area contributed by atoms with Gasteiger partial charge in [-0.15, -0.1) is 0 Å². The normalized spacial score (nSPS) is 11.8. The molecule has 1 nitrogen and oxygen atoms in total. The van der Waals surface area contributed by atoms with Crippen LogP contribution in [-0.2, 0) is 4.79 Å². The summed E-state index contributed by atoms with van der Waals surface area (Å²) in [5.74, 6) is 0. The topological polar surface area (TPSA) is 17.1 Å². The van der Waals surface area contributed by atoms with Gasteiger partial charge in [-0.05, 0) is 43.4 Å². The lowest BCUT2D eigenvalue weighted by atomic mass is 10.0. The van der Waals surface area contributed by atoms with E-state index < -0.39 is 0 Å². The predicted molar refractivity (Wildman–Crippen MR) is 67.2 cm³/mol. The van der Waals surface area contributed by atoms with Crippen LogP contribution in [0, 0.1) is 0 Å². The molecular formula is C13H23ClO. The number of carbonyl (C=O) groups excluding carboxylic acids is 1. The van der Waals surface area contributed by atoms with Crippen molar-refractivity contribution in [1.82, 2.24) is 0 Å². The molecule has 0 heterocycles. The third-order valence-corrected chi connectivity index (χ3v) is 2.63. The molecule has 0 rings (SSSR count). The van der Waals surface area contributed by atoms with Crippen LogP contribution in [0.2, 0.25) is 0 Å². The quantitative estimate of drug-likeness (QED) is 0.315. The fraction of sp³-hybridized carbons (Fsp3) is 0.769. The number of allylic oxidation sites excluding steroid dienone is 2. The Balaban J connectivity index is 3.85. The largest absolute Gasteiger partial charge is 0.276 e. The monoisotopic (exact) mass is 230 g/mol. The van der Waals surface area contributed by atoms with E-state index in [-0.39, 0.29) is 5.24 Å². The van der Waals surface area contributed by atoms with Crippen molar-refractivity contribution in [2.45, 2.75) is 65.2 Å². The van der Waals surface area contributed by atoms with Crippen LogP contribution in [0.3, 0.4) is 0 Å². The first kappa shape index (κ1) is 14.7. The Morgan fingerprint density at radius 1 is 1.00 bits per heavy atom. The van der Waals surface area contributed by atoms with Gasteiger partial charge in [0.25, 0.3) is 0 Å². The fourth-order valence-corrected chi connectivity index (χ4v) is 1.77. The van der Waals surface area contributed by atoms with Crippen LogP contribution < -0.4 is 0 Å². The average Bonchev–Trinajstić information content (AvgIpc) is 2.19. The lowest BCUT2D eigenvalue weighted by molar-refractivity contribution is -0.107. The average molecular weight is 231 g/mol. The minimum absolute atomic E-state index is 0.323. The van der Waals surface area contributed by atoms with Crippen LogP contribution in [0.15, 0.2) is 11.6 Å². The second-order valence-electron chi connectivity index (χ2n) is 4.02. The molecule has 0 N–H and O–H groups in total. The van der Waals surface area contributed by atoms with E-state index >= 15 is 0 Å². The van der Waals surface area contributed by atoms with Crippen LogP contribution in [-0.4, -0.2) is 5.24 Å². The first-order valence-electron chi connectivity index (χ1n) is 6.09. The molecule has 0 atom stereocenters. The smallest absolute Gasteiger partial charge is 0.245 e. The number of carbonyl (C=O) groups is 1. The zero-order chi connectivity index (χ0) is 11.5. The van der Waals surface area contributed by atoms with Crippen molar-refractivity contribution in [3.05, 3.63) is 11.6 Å². The van der Waals surface area contributed by atoms with Gasteiger partial charge in [-0.25, -0.2) is 0 Å². The van der Waals surface area contributed by atoms with Gasteiger partial charge in [-0.3, -0.25) is 4.79 Å². The standard InChI is InChI=1S/C13H23ClO/c1-3-5-7-8-10-12(9-6-4-2)11-13(14)15/h11H,3-10H2,1-2H3. The Bertz CT molecular complexity index is 197. The Morgan fingerprint density at radius 3 is 2.13 bits per heavy atom. The van der Waals surface area contributed by atoms with E-state index in [0.29, 0.717) is 0 Å². The van der Waals surface area contributed by atoms with Gasteiger partial charge in [0.15, 0.2) is 0 Å². The minimum atomic E-state index is -0.323. The summed E-state index contributed by atoms with van der Waals surface area (Å²) in [7, 11) is 0. The fourth-order valence-electron chi connectivity index (χ4n) is 1.61. The van der Waals surface area contributed by atoms with Crippen LogP contribution in [0.5, 0.6) is 0 Å². The molecule has 0 aromatic heterocycles. The van der Waals surface area contributed by atoms with Gasteiger partial charge in [0.1, 0.15) is 0 Å². The summed E-state index contributed by atoms with van der Waals surface area (Å²) in [6, 6.07) is 0. The number of halogens is 1. The van der Waals surface area contributed by atoms with Crippen molar-refractivity contribution in [2.24, 2.45) is 0 Å². The summed E-state index contributed by atoms with van der Waals surface area (Å²) in [6.45, 7) is 4.37. The van der Waals surface area contributed by atoms with Crippen LogP contribution in [0.25, 0.3) is 0 Å². The Morgan fingerprint density at radius 2 is 1.60 bits per heavy atom.